The number of halogens is 3. The van der Waals surface area contributed by atoms with Crippen LogP contribution in [0.3, 0.4) is 0 Å². The highest BCUT2D eigenvalue weighted by atomic mass is 32.2. The highest BCUT2D eigenvalue weighted by molar-refractivity contribution is 8.26. The number of thioether (sulfide) groups is 1. The number of nitrogens with zero attached hydrogens (tertiary/aromatic N) is 2. The minimum atomic E-state index is -4.48. The van der Waals surface area contributed by atoms with Crippen LogP contribution in [0.5, 0.6) is 0 Å². The number of alkyl halides is 3. The maximum absolute atomic E-state index is 12.8. The number of thiocarbonyl (C=S) groups is 1. The van der Waals surface area contributed by atoms with Gasteiger partial charge >= 0.3 is 6.18 Å². The topological polar surface area (TPSA) is 92.5 Å². The van der Waals surface area contributed by atoms with Gasteiger partial charge in [0.1, 0.15) is 4.32 Å². The first-order chi connectivity index (χ1) is 16.5. The molecule has 0 aliphatic carbocycles. The lowest BCUT2D eigenvalue weighted by Gasteiger charge is -2.14. The molecule has 0 spiro atoms. The fraction of sp³-hybridized carbons (Fsp3) is 0.261. The molecule has 3 rings (SSSR count). The van der Waals surface area contributed by atoms with Crippen LogP contribution >= 0.6 is 24.0 Å². The van der Waals surface area contributed by atoms with Gasteiger partial charge in [-0.2, -0.15) is 13.2 Å². The lowest BCUT2D eigenvalue weighted by molar-refractivity contribution is -0.384. The second-order valence-electron chi connectivity index (χ2n) is 7.62. The lowest BCUT2D eigenvalue weighted by atomic mass is 10.1. The molecule has 2 aromatic carbocycles. The first-order valence-corrected chi connectivity index (χ1v) is 11.7. The number of hydrogen-bond donors (Lipinski definition) is 1. The van der Waals surface area contributed by atoms with Crippen LogP contribution in [0.1, 0.15) is 36.8 Å². The average molecular weight is 524 g/mol. The third-order valence-electron chi connectivity index (χ3n) is 5.03. The fourth-order valence-corrected chi connectivity index (χ4v) is 4.57. The summed E-state index contributed by atoms with van der Waals surface area (Å²) in [6, 6.07) is 10.3. The van der Waals surface area contributed by atoms with E-state index in [9.17, 15) is 32.9 Å². The van der Waals surface area contributed by atoms with Gasteiger partial charge in [-0.1, -0.05) is 36.5 Å². The number of nitrogens with one attached hydrogen (secondary N) is 1. The first-order valence-electron chi connectivity index (χ1n) is 10.5. The van der Waals surface area contributed by atoms with Crippen molar-refractivity contribution in [2.24, 2.45) is 0 Å². The molecule has 7 nitrogen and oxygen atoms in total. The van der Waals surface area contributed by atoms with Crippen molar-refractivity contribution in [1.82, 2.24) is 4.90 Å². The highest BCUT2D eigenvalue weighted by Crippen LogP contribution is 2.33. The standard InChI is InChI=1S/C23H20F3N3O4S2/c24-23(25,26)16-5-4-6-17(14-16)27-20(30)7-2-1-3-12-28-21(31)19(35-22(28)34)13-15-8-10-18(11-9-15)29(32)33/h4-6,8-11,13-14H,1-3,7,12H2,(H,27,30)/b19-13-. The predicted octanol–water partition coefficient (Wildman–Crippen LogP) is 6.01. The Balaban J connectivity index is 1.43. The molecule has 0 bridgehead atoms. The summed E-state index contributed by atoms with van der Waals surface area (Å²) in [5.41, 5.74) is -0.148. The zero-order chi connectivity index (χ0) is 25.6. The van der Waals surface area contributed by atoms with Gasteiger partial charge in [0.2, 0.25) is 5.91 Å². The van der Waals surface area contributed by atoms with Crippen LogP contribution < -0.4 is 5.32 Å². The van der Waals surface area contributed by atoms with Gasteiger partial charge in [0, 0.05) is 30.8 Å². The summed E-state index contributed by atoms with van der Waals surface area (Å²) in [6.45, 7) is 0.373. The number of benzene rings is 2. The molecule has 1 aliphatic rings. The van der Waals surface area contributed by atoms with Gasteiger partial charge in [-0.3, -0.25) is 24.6 Å². The van der Waals surface area contributed by atoms with Crippen LogP contribution in [-0.4, -0.2) is 32.5 Å². The van der Waals surface area contributed by atoms with Crippen molar-refractivity contribution in [3.63, 3.8) is 0 Å². The molecular weight excluding hydrogens is 503 g/mol. The number of amides is 2. The second kappa shape index (κ2) is 11.5. The molecule has 12 heteroatoms. The minimum Gasteiger partial charge on any atom is -0.326 e. The molecule has 184 valence electrons. The van der Waals surface area contributed by atoms with E-state index in [4.69, 9.17) is 12.2 Å². The molecule has 0 atom stereocenters. The van der Waals surface area contributed by atoms with E-state index in [1.165, 1.54) is 29.2 Å². The molecule has 0 saturated carbocycles. The summed E-state index contributed by atoms with van der Waals surface area (Å²) in [5, 5.41) is 13.2. The zero-order valence-electron chi connectivity index (χ0n) is 18.2. The van der Waals surface area contributed by atoms with E-state index in [0.29, 0.717) is 40.6 Å². The molecule has 35 heavy (non-hydrogen) atoms. The van der Waals surface area contributed by atoms with Gasteiger partial charge in [0.25, 0.3) is 11.6 Å². The van der Waals surface area contributed by atoms with Crippen LogP contribution in [0.2, 0.25) is 0 Å². The van der Waals surface area contributed by atoms with Gasteiger partial charge in [-0.15, -0.1) is 0 Å². The zero-order valence-corrected chi connectivity index (χ0v) is 19.8. The number of rotatable bonds is 9. The van der Waals surface area contributed by atoms with Crippen LogP contribution in [0.15, 0.2) is 53.4 Å². The van der Waals surface area contributed by atoms with Crippen molar-refractivity contribution < 1.29 is 27.7 Å². The number of anilines is 1. The van der Waals surface area contributed by atoms with E-state index >= 15 is 0 Å². The van der Waals surface area contributed by atoms with E-state index in [1.54, 1.807) is 18.2 Å². The molecule has 0 unspecified atom stereocenters. The van der Waals surface area contributed by atoms with E-state index < -0.39 is 16.7 Å². The molecule has 1 N–H and O–H groups in total. The van der Waals surface area contributed by atoms with Crippen molar-refractivity contribution in [2.45, 2.75) is 31.9 Å². The van der Waals surface area contributed by atoms with E-state index in [0.717, 1.165) is 23.9 Å². The van der Waals surface area contributed by atoms with Gasteiger partial charge in [-0.05, 0) is 54.8 Å². The van der Waals surface area contributed by atoms with Gasteiger partial charge in [0.15, 0.2) is 0 Å². The van der Waals surface area contributed by atoms with Crippen LogP contribution in [0, 0.1) is 10.1 Å². The van der Waals surface area contributed by atoms with Gasteiger partial charge in [0.05, 0.1) is 15.4 Å². The third kappa shape index (κ3) is 7.36. The van der Waals surface area contributed by atoms with Crippen molar-refractivity contribution >= 4 is 57.6 Å². The largest absolute Gasteiger partial charge is 0.416 e. The van der Waals surface area contributed by atoms with Crippen molar-refractivity contribution in [3.8, 4) is 0 Å². The number of nitro groups is 1. The van der Waals surface area contributed by atoms with Crippen molar-refractivity contribution in [1.29, 1.82) is 0 Å². The van der Waals surface area contributed by atoms with Crippen molar-refractivity contribution in [2.75, 3.05) is 11.9 Å². The summed E-state index contributed by atoms with van der Waals surface area (Å²) in [4.78, 5) is 36.9. The summed E-state index contributed by atoms with van der Waals surface area (Å²) in [7, 11) is 0. The normalized spacial score (nSPS) is 15.1. The van der Waals surface area contributed by atoms with Gasteiger partial charge in [-0.25, -0.2) is 0 Å². The second-order valence-corrected chi connectivity index (χ2v) is 9.30. The Hall–Kier alpha value is -3.25. The van der Waals surface area contributed by atoms with Gasteiger partial charge < -0.3 is 5.32 Å². The van der Waals surface area contributed by atoms with E-state index in [1.807, 2.05) is 0 Å². The molecule has 1 fully saturated rings. The summed E-state index contributed by atoms with van der Waals surface area (Å²) >= 11 is 6.44. The first kappa shape index (κ1) is 26.4. The monoisotopic (exact) mass is 523 g/mol. The average Bonchev–Trinajstić information content (AvgIpc) is 3.06. The van der Waals surface area contributed by atoms with Crippen LogP contribution in [-0.2, 0) is 15.8 Å². The summed E-state index contributed by atoms with van der Waals surface area (Å²) in [5.74, 6) is -0.637. The molecular formula is C23H20F3N3O4S2. The molecule has 1 heterocycles. The number of carbonyl (C=O) groups is 2. The fourth-order valence-electron chi connectivity index (χ4n) is 3.27. The van der Waals surface area contributed by atoms with E-state index in [-0.39, 0.29) is 29.6 Å². The summed E-state index contributed by atoms with van der Waals surface area (Å²) in [6.07, 6.45) is -1.01. The molecule has 0 radical (unpaired) electrons. The quantitative estimate of drug-likeness (QED) is 0.142. The molecule has 1 saturated heterocycles. The maximum atomic E-state index is 12.8. The predicted molar refractivity (Wildman–Crippen MR) is 132 cm³/mol. The van der Waals surface area contributed by atoms with Crippen LogP contribution in [0.4, 0.5) is 24.5 Å². The molecule has 2 amide bonds. The maximum Gasteiger partial charge on any atom is 0.416 e. The Morgan fingerprint density at radius 2 is 1.86 bits per heavy atom. The van der Waals surface area contributed by atoms with Crippen LogP contribution in [0.25, 0.3) is 6.08 Å². The Morgan fingerprint density at radius 1 is 1.14 bits per heavy atom. The summed E-state index contributed by atoms with van der Waals surface area (Å²) < 4.78 is 38.7. The Kier molecular flexibility index (Phi) is 8.62. The number of carbonyl (C=O) groups excluding carboxylic acids is 2. The SMILES string of the molecule is O=C(CCCCCN1C(=O)/C(=C/c2ccc([N+](=O)[O-])cc2)SC1=S)Nc1cccc(C(F)(F)F)c1. The smallest absolute Gasteiger partial charge is 0.326 e. The number of unbranched alkanes of at least 4 members (excludes halogenated alkanes) is 2. The minimum absolute atomic E-state index is 0.0433. The highest BCUT2D eigenvalue weighted by Gasteiger charge is 2.32. The van der Waals surface area contributed by atoms with E-state index in [2.05, 4.69) is 5.32 Å². The Bertz CT molecular complexity index is 1170. The number of nitro benzene ring substituents is 1. The van der Waals surface area contributed by atoms with Crippen molar-refractivity contribution in [3.05, 3.63) is 74.7 Å². The molecule has 2 aromatic rings. The lowest BCUT2D eigenvalue weighted by Crippen LogP contribution is -2.29. The molecule has 0 aromatic heterocycles. The number of non-ortho nitro benzene ring substituents is 1. The molecule has 1 aliphatic heterocycles. The third-order valence-corrected chi connectivity index (χ3v) is 6.41. The number of hydrogen-bond acceptors (Lipinski definition) is 6. The Morgan fingerprint density at radius 3 is 2.51 bits per heavy atom. The Labute approximate surface area is 208 Å².